The summed E-state index contributed by atoms with van der Waals surface area (Å²) < 4.78 is 65.0. The summed E-state index contributed by atoms with van der Waals surface area (Å²) in [6.45, 7) is 5.19. The third-order valence-electron chi connectivity index (χ3n) is 6.24. The van der Waals surface area contributed by atoms with E-state index >= 15 is 4.39 Å². The van der Waals surface area contributed by atoms with Gasteiger partial charge in [0.15, 0.2) is 5.82 Å². The van der Waals surface area contributed by atoms with E-state index in [9.17, 15) is 17.4 Å². The lowest BCUT2D eigenvalue weighted by molar-refractivity contribution is -0.192. The highest BCUT2D eigenvalue weighted by molar-refractivity contribution is 7.95. The van der Waals surface area contributed by atoms with Crippen LogP contribution in [0, 0.1) is 17.1 Å². The van der Waals surface area contributed by atoms with Crippen LogP contribution in [-0.4, -0.2) is 64.8 Å². The lowest BCUT2D eigenvalue weighted by Crippen LogP contribution is -2.54. The van der Waals surface area contributed by atoms with Gasteiger partial charge < -0.3 is 10.8 Å². The van der Waals surface area contributed by atoms with Crippen molar-refractivity contribution >= 4 is 21.5 Å². The molecule has 3 N–H and O–H groups in total. The van der Waals surface area contributed by atoms with Crippen LogP contribution < -0.4 is 5.73 Å². The number of carboxylic acid groups (broad SMARTS) is 1. The Labute approximate surface area is 226 Å². The number of hydrogen-bond acceptors (Lipinski definition) is 9. The molecule has 1 aliphatic heterocycles. The van der Waals surface area contributed by atoms with E-state index in [4.69, 9.17) is 20.9 Å². The summed E-state index contributed by atoms with van der Waals surface area (Å²) in [5.74, 6) is -2.55. The number of amidine groups is 1. The summed E-state index contributed by atoms with van der Waals surface area (Å²) in [5, 5.41) is 24.3. The Hall–Kier alpha value is -4.39. The first-order chi connectivity index (χ1) is 18.5. The number of carbonyl (C=O) groups is 1. The molecule has 0 aliphatic carbocycles. The summed E-state index contributed by atoms with van der Waals surface area (Å²) in [7, 11) is -1.31. The fraction of sp³-hybridized carbons (Fsp3) is 0.333. The third-order valence-corrected chi connectivity index (χ3v) is 9.59. The number of nitrogens with two attached hydrogens (primary N) is 1. The summed E-state index contributed by atoms with van der Waals surface area (Å²) in [4.78, 5) is 17.7. The van der Waals surface area contributed by atoms with Crippen molar-refractivity contribution in [2.45, 2.75) is 37.2 Å². The maximum absolute atomic E-state index is 15.0. The van der Waals surface area contributed by atoms with Gasteiger partial charge in [-0.1, -0.05) is 5.21 Å². The molecule has 0 amide bonds. The molecule has 4 rings (SSSR count). The van der Waals surface area contributed by atoms with Gasteiger partial charge in [0.25, 0.3) is 0 Å². The second kappa shape index (κ2) is 10.6. The van der Waals surface area contributed by atoms with Crippen molar-refractivity contribution in [3.8, 4) is 23.1 Å². The van der Waals surface area contributed by atoms with E-state index in [0.717, 1.165) is 0 Å². The van der Waals surface area contributed by atoms with Crippen LogP contribution in [0.4, 0.5) is 17.6 Å². The van der Waals surface area contributed by atoms with Crippen LogP contribution >= 0.6 is 0 Å². The van der Waals surface area contributed by atoms with Gasteiger partial charge in [-0.25, -0.2) is 27.4 Å². The molecule has 0 unspecified atom stereocenters. The third kappa shape index (κ3) is 5.78. The van der Waals surface area contributed by atoms with Crippen LogP contribution in [0.1, 0.15) is 31.9 Å². The van der Waals surface area contributed by atoms with Gasteiger partial charge in [0.2, 0.25) is 0 Å². The number of benzene rings is 1. The molecule has 16 heteroatoms. The average molecular weight is 581 g/mol. The molecule has 0 fully saturated rings. The zero-order valence-corrected chi connectivity index (χ0v) is 22.5. The zero-order chi connectivity index (χ0) is 30.1. The molecule has 212 valence electrons. The van der Waals surface area contributed by atoms with Crippen LogP contribution in [-0.2, 0) is 20.1 Å². The molecule has 0 spiro atoms. The summed E-state index contributed by atoms with van der Waals surface area (Å²) >= 11 is 0. The van der Waals surface area contributed by atoms with Crippen LogP contribution in [0.25, 0.3) is 17.1 Å². The van der Waals surface area contributed by atoms with E-state index in [1.165, 1.54) is 24.0 Å². The lowest BCUT2D eigenvalue weighted by atomic mass is 9.91. The van der Waals surface area contributed by atoms with E-state index in [1.54, 1.807) is 51.2 Å². The Morgan fingerprint density at radius 3 is 2.42 bits per heavy atom. The van der Waals surface area contributed by atoms with Crippen molar-refractivity contribution in [1.82, 2.24) is 20.0 Å². The minimum absolute atomic E-state index is 0.0342. The van der Waals surface area contributed by atoms with Crippen LogP contribution in [0.3, 0.4) is 0 Å². The Balaban J connectivity index is 0.000000559. The summed E-state index contributed by atoms with van der Waals surface area (Å²) in [6, 6.07) is 9.83. The second-order valence-electron chi connectivity index (χ2n) is 9.31. The second-order valence-corrected chi connectivity index (χ2v) is 12.3. The highest BCUT2D eigenvalue weighted by atomic mass is 32.2. The molecule has 1 aromatic carbocycles. The molecule has 0 saturated carbocycles. The Morgan fingerprint density at radius 2 is 1.90 bits per heavy atom. The number of nitrogens with zero attached hydrogens (tertiary/aromatic N) is 7. The fourth-order valence-electron chi connectivity index (χ4n) is 3.78. The number of aromatic nitrogens is 4. The summed E-state index contributed by atoms with van der Waals surface area (Å²) in [5.41, 5.74) is 6.81. The highest BCUT2D eigenvalue weighted by Crippen LogP contribution is 2.39. The molecule has 40 heavy (non-hydrogen) atoms. The molecule has 11 nitrogen and oxygen atoms in total. The molecule has 2 aromatic heterocycles. The standard InChI is InChI=1S/C22H23FN8OS.C2HF3O2/c1-21(2)20(25)28-22(3,13-33(21,32)26-4)16-9-15(6-7-17(16)23)18-12-31(30-29-18)19-8-5-14(10-24)11-27-19;3-2(4,5)1(6)7/h5-9,11-12H,13H2,1-4H3,(H2,25,28);(H,6,7)/t22-,33+;/m0./s1. The monoisotopic (exact) mass is 580 g/mol. The van der Waals surface area contributed by atoms with E-state index in [-0.39, 0.29) is 17.2 Å². The summed E-state index contributed by atoms with van der Waals surface area (Å²) in [6.07, 6.45) is -1.99. The topological polar surface area (TPSA) is 172 Å². The van der Waals surface area contributed by atoms with Gasteiger partial charge in [-0.05, 0) is 51.1 Å². The van der Waals surface area contributed by atoms with Crippen molar-refractivity contribution in [2.24, 2.45) is 15.1 Å². The largest absolute Gasteiger partial charge is 0.490 e. The SMILES string of the molecule is CN=[S@@]1(=O)C[C@@](C)(c2cc(-c3cn(-c4ccc(C#N)cn4)nn3)ccc2F)N=C(N)C1(C)C.O=C(O)C(F)(F)F. The Bertz CT molecular complexity index is 1630. The number of pyridine rings is 1. The van der Waals surface area contributed by atoms with Gasteiger partial charge in [0, 0.05) is 24.4 Å². The van der Waals surface area contributed by atoms with Gasteiger partial charge in [-0.15, -0.1) is 5.10 Å². The minimum atomic E-state index is -5.08. The smallest absolute Gasteiger partial charge is 0.475 e. The van der Waals surface area contributed by atoms with Crippen molar-refractivity contribution in [3.05, 3.63) is 59.7 Å². The minimum Gasteiger partial charge on any atom is -0.475 e. The number of nitriles is 1. The predicted molar refractivity (Wildman–Crippen MR) is 137 cm³/mol. The van der Waals surface area contributed by atoms with Crippen molar-refractivity contribution in [3.63, 3.8) is 0 Å². The van der Waals surface area contributed by atoms with Crippen LogP contribution in [0.5, 0.6) is 0 Å². The zero-order valence-electron chi connectivity index (χ0n) is 21.6. The van der Waals surface area contributed by atoms with E-state index in [1.807, 2.05) is 6.07 Å². The first kappa shape index (κ1) is 30.2. The normalized spacial score (nSPS) is 21.8. The number of halogens is 4. The van der Waals surface area contributed by atoms with E-state index in [2.05, 4.69) is 24.7 Å². The fourth-order valence-corrected chi connectivity index (χ4v) is 6.08. The number of aliphatic imine (C=N–C) groups is 1. The van der Waals surface area contributed by atoms with Gasteiger partial charge in [-0.3, -0.25) is 4.99 Å². The molecular weight excluding hydrogens is 556 g/mol. The number of alkyl halides is 3. The van der Waals surface area contributed by atoms with E-state index < -0.39 is 38.0 Å². The molecule has 1 aliphatic rings. The number of rotatable bonds is 3. The van der Waals surface area contributed by atoms with Gasteiger partial charge >= 0.3 is 12.1 Å². The molecule has 0 radical (unpaired) electrons. The van der Waals surface area contributed by atoms with Crippen molar-refractivity contribution in [2.75, 3.05) is 12.8 Å². The molecule has 2 atom stereocenters. The van der Waals surface area contributed by atoms with Gasteiger partial charge in [0.1, 0.15) is 33.7 Å². The van der Waals surface area contributed by atoms with E-state index in [0.29, 0.717) is 22.6 Å². The predicted octanol–water partition coefficient (Wildman–Crippen LogP) is 3.44. The number of aliphatic carboxylic acids is 1. The number of carboxylic acids is 1. The van der Waals surface area contributed by atoms with Gasteiger partial charge in [-0.2, -0.15) is 18.4 Å². The first-order valence-electron chi connectivity index (χ1n) is 11.3. The molecule has 0 bridgehead atoms. The highest BCUT2D eigenvalue weighted by Gasteiger charge is 2.47. The van der Waals surface area contributed by atoms with Crippen molar-refractivity contribution in [1.29, 1.82) is 5.26 Å². The molecule has 0 saturated heterocycles. The maximum atomic E-state index is 15.0. The van der Waals surface area contributed by atoms with Crippen molar-refractivity contribution < 1.29 is 31.7 Å². The average Bonchev–Trinajstić information content (AvgIpc) is 3.38. The van der Waals surface area contributed by atoms with Gasteiger partial charge in [0.05, 0.1) is 27.2 Å². The lowest BCUT2D eigenvalue weighted by Gasteiger charge is -2.40. The van der Waals surface area contributed by atoms with Crippen LogP contribution in [0.2, 0.25) is 0 Å². The van der Waals surface area contributed by atoms with Crippen LogP contribution in [0.15, 0.2) is 52.1 Å². The molecule has 3 aromatic rings. The quantitative estimate of drug-likeness (QED) is 0.443. The molecular formula is C24H24F4N8O3S. The molecule has 3 heterocycles. The Kier molecular flexibility index (Phi) is 8.02. The first-order valence-corrected chi connectivity index (χ1v) is 13.0. The Morgan fingerprint density at radius 1 is 1.25 bits per heavy atom. The maximum Gasteiger partial charge on any atom is 0.490 e. The number of hydrogen-bond donors (Lipinski definition) is 2.